The summed E-state index contributed by atoms with van der Waals surface area (Å²) >= 11 is 0. The minimum absolute atomic E-state index is 0.160. The number of phenols is 1. The fourth-order valence-corrected chi connectivity index (χ4v) is 8.34. The number of phenolic OH excluding ortho intramolecular Hbond substituents is 1. The fourth-order valence-electron chi connectivity index (χ4n) is 8.34. The molecule has 1 saturated heterocycles. The number of aromatic hydroxyl groups is 1. The molecule has 1 fully saturated rings. The van der Waals surface area contributed by atoms with E-state index in [0.29, 0.717) is 17.7 Å². The molecule has 5 atom stereocenters. The quantitative estimate of drug-likeness (QED) is 0.421. The zero-order valence-corrected chi connectivity index (χ0v) is 25.0. The van der Waals surface area contributed by atoms with Crippen molar-refractivity contribution in [2.24, 2.45) is 5.92 Å². The van der Waals surface area contributed by atoms with E-state index in [1.165, 1.54) is 39.0 Å². The highest BCUT2D eigenvalue weighted by atomic mass is 16.5. The Labute approximate surface area is 249 Å². The van der Waals surface area contributed by atoms with E-state index in [-0.39, 0.29) is 17.3 Å². The molecule has 0 radical (unpaired) electrons. The number of piperidine rings is 1. The highest BCUT2D eigenvalue weighted by Gasteiger charge is 2.64. The largest absolute Gasteiger partial charge is 0.504 e. The van der Waals surface area contributed by atoms with Crippen molar-refractivity contribution < 1.29 is 14.9 Å². The molecule has 218 valence electrons. The first kappa shape index (κ1) is 27.5. The Morgan fingerprint density at radius 3 is 2.33 bits per heavy atom. The maximum atomic E-state index is 10.4. The Morgan fingerprint density at radius 2 is 1.64 bits per heavy atom. The second-order valence-corrected chi connectivity index (χ2v) is 13.0. The van der Waals surface area contributed by atoms with Gasteiger partial charge in [0.05, 0.1) is 0 Å². The van der Waals surface area contributed by atoms with Crippen molar-refractivity contribution in [2.45, 2.75) is 55.8 Å². The second-order valence-electron chi connectivity index (χ2n) is 13.0. The van der Waals surface area contributed by atoms with E-state index >= 15 is 0 Å². The molecule has 3 aromatic rings. The average Bonchev–Trinajstić information content (AvgIpc) is 3.27. The number of aryl methyl sites for hydroxylation is 2. The predicted molar refractivity (Wildman–Crippen MR) is 168 cm³/mol. The van der Waals surface area contributed by atoms with E-state index in [2.05, 4.69) is 91.6 Å². The maximum Gasteiger partial charge on any atom is 0.165 e. The SMILES string of the molecule is CN(C)CCC=C1c2ccccc2CCc2ccccc21.CN1CC[C@]23c4c5ccc(O)c4O[C@H]2[C@@H](O)C=C[C@H]3[C@H]1C5. The fraction of sp³-hybridized carbons (Fsp3) is 0.405. The Hall–Kier alpha value is -3.38. The number of likely N-dealkylation sites (tertiary alicyclic amines) is 1. The number of nitrogens with zero attached hydrogens (tertiary/aromatic N) is 2. The van der Waals surface area contributed by atoms with Gasteiger partial charge in [-0.2, -0.15) is 0 Å². The first-order chi connectivity index (χ1) is 20.4. The Bertz CT molecular complexity index is 1510. The average molecular weight is 563 g/mol. The van der Waals surface area contributed by atoms with Gasteiger partial charge in [-0.1, -0.05) is 72.8 Å². The van der Waals surface area contributed by atoms with Crippen LogP contribution in [0.3, 0.4) is 0 Å². The third-order valence-electron chi connectivity index (χ3n) is 10.4. The summed E-state index contributed by atoms with van der Waals surface area (Å²) < 4.78 is 6.09. The molecule has 0 saturated carbocycles. The molecule has 5 nitrogen and oxygen atoms in total. The van der Waals surface area contributed by atoms with Gasteiger partial charge in [0.25, 0.3) is 0 Å². The standard InChI is InChI=1S/C20H23N.C17H19NO3/c1-21(2)15-7-12-20-18-10-5-3-8-16(18)13-14-17-9-4-6-11-19(17)20;1-18-7-6-17-10-3-5-13(20)16(17)21-15-12(19)4-2-9(14(15)17)8-11(10)18/h3-6,8-12H,7,13-15H2,1-2H3;2-5,10-11,13,16,19-20H,6-8H2,1H3/t;10-,11+,13-,16-,17-/m.0/s1. The molecule has 0 unspecified atom stereocenters. The van der Waals surface area contributed by atoms with Gasteiger partial charge in [0.1, 0.15) is 12.2 Å². The van der Waals surface area contributed by atoms with Crippen LogP contribution in [0.2, 0.25) is 0 Å². The number of benzene rings is 3. The second kappa shape index (κ2) is 10.7. The number of rotatable bonds is 3. The smallest absolute Gasteiger partial charge is 0.165 e. The Balaban J connectivity index is 0.000000137. The number of ether oxygens (including phenoxy) is 1. The van der Waals surface area contributed by atoms with Crippen molar-refractivity contribution in [1.29, 1.82) is 0 Å². The monoisotopic (exact) mass is 562 g/mol. The molecule has 3 aromatic carbocycles. The third-order valence-corrected chi connectivity index (χ3v) is 10.4. The van der Waals surface area contributed by atoms with E-state index in [0.717, 1.165) is 45.2 Å². The van der Waals surface area contributed by atoms with Crippen molar-refractivity contribution in [3.05, 3.63) is 112 Å². The normalized spacial score (nSPS) is 28.1. The van der Waals surface area contributed by atoms with Crippen LogP contribution in [0.15, 0.2) is 78.9 Å². The van der Waals surface area contributed by atoms with E-state index in [9.17, 15) is 10.2 Å². The van der Waals surface area contributed by atoms with Crippen LogP contribution in [-0.2, 0) is 24.7 Å². The van der Waals surface area contributed by atoms with Crippen LogP contribution in [0.5, 0.6) is 11.5 Å². The zero-order chi connectivity index (χ0) is 29.0. The number of aliphatic hydroxyl groups excluding tert-OH is 1. The topological polar surface area (TPSA) is 56.2 Å². The van der Waals surface area contributed by atoms with Crippen LogP contribution in [-0.4, -0.2) is 72.5 Å². The lowest BCUT2D eigenvalue weighted by Gasteiger charge is -2.56. The minimum Gasteiger partial charge on any atom is -0.504 e. The molecular weight excluding hydrogens is 520 g/mol. The lowest BCUT2D eigenvalue weighted by Crippen LogP contribution is -2.64. The molecule has 2 heterocycles. The molecule has 0 amide bonds. The van der Waals surface area contributed by atoms with E-state index in [1.54, 1.807) is 6.07 Å². The van der Waals surface area contributed by atoms with Crippen LogP contribution in [0, 0.1) is 5.92 Å². The summed E-state index contributed by atoms with van der Waals surface area (Å²) in [7, 11) is 6.45. The van der Waals surface area contributed by atoms with Crippen LogP contribution < -0.4 is 4.74 Å². The number of aliphatic hydroxyl groups is 1. The van der Waals surface area contributed by atoms with E-state index in [4.69, 9.17) is 4.74 Å². The number of likely N-dealkylation sites (N-methyl/N-ethyl adjacent to an activating group) is 1. The first-order valence-corrected chi connectivity index (χ1v) is 15.5. The zero-order valence-electron chi connectivity index (χ0n) is 25.0. The molecule has 42 heavy (non-hydrogen) atoms. The van der Waals surface area contributed by atoms with Crippen LogP contribution >= 0.6 is 0 Å². The van der Waals surface area contributed by atoms with Crippen molar-refractivity contribution in [1.82, 2.24) is 9.80 Å². The van der Waals surface area contributed by atoms with Gasteiger partial charge in [0.15, 0.2) is 11.5 Å². The lowest BCUT2D eigenvalue weighted by atomic mass is 9.53. The highest BCUT2D eigenvalue weighted by molar-refractivity contribution is 5.83. The van der Waals surface area contributed by atoms with Gasteiger partial charge in [-0.05, 0) is 99.2 Å². The number of hydrogen-bond donors (Lipinski definition) is 2. The summed E-state index contributed by atoms with van der Waals surface area (Å²) in [5, 5.41) is 20.6. The van der Waals surface area contributed by atoms with Crippen LogP contribution in [0.25, 0.3) is 5.57 Å². The van der Waals surface area contributed by atoms with Gasteiger partial charge >= 0.3 is 0 Å². The third kappa shape index (κ3) is 4.33. The molecule has 3 aliphatic carbocycles. The summed E-state index contributed by atoms with van der Waals surface area (Å²) in [6, 6.07) is 22.0. The van der Waals surface area contributed by atoms with E-state index in [1.807, 2.05) is 12.1 Å². The molecule has 2 bridgehead atoms. The van der Waals surface area contributed by atoms with Gasteiger partial charge in [0, 0.05) is 29.5 Å². The Morgan fingerprint density at radius 1 is 0.952 bits per heavy atom. The minimum atomic E-state index is -0.594. The van der Waals surface area contributed by atoms with Gasteiger partial charge in [-0.3, -0.25) is 0 Å². The lowest BCUT2D eigenvalue weighted by molar-refractivity contribution is -0.0453. The van der Waals surface area contributed by atoms with Crippen molar-refractivity contribution >= 4 is 5.57 Å². The highest BCUT2D eigenvalue weighted by Crippen LogP contribution is 2.62. The molecular formula is C37H42N2O3. The molecule has 0 aromatic heterocycles. The van der Waals surface area contributed by atoms with Crippen molar-refractivity contribution in [3.8, 4) is 11.5 Å². The molecule has 5 heteroatoms. The summed E-state index contributed by atoms with van der Waals surface area (Å²) in [4.78, 5) is 4.67. The molecule has 8 rings (SSSR count). The van der Waals surface area contributed by atoms with Gasteiger partial charge in [-0.15, -0.1) is 0 Å². The molecule has 2 N–H and O–H groups in total. The van der Waals surface area contributed by atoms with E-state index < -0.39 is 6.10 Å². The summed E-state index contributed by atoms with van der Waals surface area (Å²) in [6.07, 6.45) is 11.0. The van der Waals surface area contributed by atoms with Gasteiger partial charge in [-0.25, -0.2) is 0 Å². The predicted octanol–water partition coefficient (Wildman–Crippen LogP) is 5.37. The number of hydrogen-bond acceptors (Lipinski definition) is 5. The molecule has 1 spiro atoms. The summed E-state index contributed by atoms with van der Waals surface area (Å²) in [5.41, 5.74) is 9.50. The van der Waals surface area contributed by atoms with Crippen LogP contribution in [0.1, 0.15) is 46.2 Å². The maximum absolute atomic E-state index is 10.4. The number of fused-ring (bicyclic) bond motifs is 2. The molecule has 5 aliphatic rings. The van der Waals surface area contributed by atoms with Gasteiger partial charge < -0.3 is 24.7 Å². The summed E-state index contributed by atoms with van der Waals surface area (Å²) in [5.74, 6) is 1.19. The summed E-state index contributed by atoms with van der Waals surface area (Å²) in [6.45, 7) is 2.10. The first-order valence-electron chi connectivity index (χ1n) is 15.5. The van der Waals surface area contributed by atoms with Crippen molar-refractivity contribution in [2.75, 3.05) is 34.2 Å². The van der Waals surface area contributed by atoms with Gasteiger partial charge in [0.2, 0.25) is 0 Å². The Kier molecular flexibility index (Phi) is 7.00. The molecule has 2 aliphatic heterocycles. The van der Waals surface area contributed by atoms with Crippen molar-refractivity contribution in [3.63, 3.8) is 0 Å². The van der Waals surface area contributed by atoms with Crippen LogP contribution in [0.4, 0.5) is 0 Å².